The summed E-state index contributed by atoms with van der Waals surface area (Å²) in [4.78, 5) is 23.0. The molecule has 0 spiro atoms. The molecule has 9 nitrogen and oxygen atoms in total. The van der Waals surface area contributed by atoms with Crippen LogP contribution in [-0.2, 0) is 10.0 Å². The van der Waals surface area contributed by atoms with E-state index >= 15 is 0 Å². The highest BCUT2D eigenvalue weighted by Gasteiger charge is 2.18. The third-order valence-corrected chi connectivity index (χ3v) is 5.29. The fourth-order valence-corrected chi connectivity index (χ4v) is 3.08. The van der Waals surface area contributed by atoms with E-state index in [9.17, 15) is 23.3 Å². The predicted molar refractivity (Wildman–Crippen MR) is 102 cm³/mol. The summed E-state index contributed by atoms with van der Waals surface area (Å²) in [5, 5.41) is 11.3. The van der Waals surface area contributed by atoms with Gasteiger partial charge >= 0.3 is 0 Å². The van der Waals surface area contributed by atoms with E-state index in [-0.39, 0.29) is 33.2 Å². The van der Waals surface area contributed by atoms with E-state index < -0.39 is 20.7 Å². The van der Waals surface area contributed by atoms with Crippen LogP contribution in [0.1, 0.15) is 15.9 Å². The van der Waals surface area contributed by atoms with Crippen LogP contribution in [0.25, 0.3) is 6.08 Å². The van der Waals surface area contributed by atoms with Gasteiger partial charge in [0.25, 0.3) is 5.69 Å². The normalized spacial score (nSPS) is 11.4. The largest absolute Gasteiger partial charge is 0.493 e. The molecule has 0 aromatic heterocycles. The third-order valence-electron chi connectivity index (χ3n) is 3.86. The number of allylic oxidation sites excluding steroid dienone is 1. The van der Waals surface area contributed by atoms with E-state index in [1.54, 1.807) is 0 Å². The Labute approximate surface area is 161 Å². The molecule has 0 aliphatic carbocycles. The maximum atomic E-state index is 12.3. The molecule has 0 fully saturated rings. The molecule has 0 heterocycles. The molecule has 10 heteroatoms. The van der Waals surface area contributed by atoms with E-state index in [1.807, 2.05) is 0 Å². The summed E-state index contributed by atoms with van der Waals surface area (Å²) in [5.74, 6) is 0.0262. The molecule has 0 aliphatic heterocycles. The number of nitro benzene ring substituents is 1. The van der Waals surface area contributed by atoms with E-state index in [1.165, 1.54) is 63.7 Å². The number of hydrogen-bond acceptors (Lipinski definition) is 7. The fraction of sp³-hybridized carbons (Fsp3) is 0.167. The second-order valence-electron chi connectivity index (χ2n) is 5.45. The monoisotopic (exact) mass is 406 g/mol. The second-order valence-corrected chi connectivity index (χ2v) is 7.34. The Morgan fingerprint density at radius 1 is 1.11 bits per heavy atom. The molecule has 2 aromatic rings. The molecule has 1 N–H and O–H groups in total. The number of nitrogens with zero attached hydrogens (tertiary/aromatic N) is 1. The molecule has 0 atom stereocenters. The van der Waals surface area contributed by atoms with Crippen LogP contribution in [-0.4, -0.2) is 40.4 Å². The van der Waals surface area contributed by atoms with Gasteiger partial charge < -0.3 is 9.47 Å². The van der Waals surface area contributed by atoms with E-state index in [4.69, 9.17) is 9.47 Å². The number of ether oxygens (including phenoxy) is 2. The summed E-state index contributed by atoms with van der Waals surface area (Å²) >= 11 is 0. The molecular weight excluding hydrogens is 388 g/mol. The number of carbonyl (C=O) groups excluding carboxylic acids is 1. The van der Waals surface area contributed by atoms with Crippen LogP contribution in [0.3, 0.4) is 0 Å². The van der Waals surface area contributed by atoms with Crippen molar-refractivity contribution in [1.29, 1.82) is 0 Å². The standard InChI is InChI=1S/C18H18N2O7S/c1-19-28(24,25)14-7-4-12(5-8-14)16(21)9-6-13-10-17(26-2)18(27-3)11-15(13)20(22)23/h4-11,19H,1-3H3/b9-6+. The number of hydrogen-bond donors (Lipinski definition) is 1. The summed E-state index contributed by atoms with van der Waals surface area (Å²) in [7, 11) is 0.431. The number of carbonyl (C=O) groups is 1. The zero-order valence-electron chi connectivity index (χ0n) is 15.3. The van der Waals surface area contributed by atoms with Crippen molar-refractivity contribution in [2.24, 2.45) is 0 Å². The maximum Gasteiger partial charge on any atom is 0.280 e. The number of methoxy groups -OCH3 is 2. The van der Waals surface area contributed by atoms with Gasteiger partial charge in [-0.2, -0.15) is 0 Å². The van der Waals surface area contributed by atoms with Crippen molar-refractivity contribution in [3.63, 3.8) is 0 Å². The first-order chi connectivity index (χ1) is 13.2. The molecule has 0 unspecified atom stereocenters. The number of rotatable bonds is 8. The molecule has 148 valence electrons. The average molecular weight is 406 g/mol. The Morgan fingerprint density at radius 3 is 2.18 bits per heavy atom. The van der Waals surface area contributed by atoms with Crippen LogP contribution in [0, 0.1) is 10.1 Å². The number of ketones is 1. The van der Waals surface area contributed by atoms with Crippen LogP contribution in [0.4, 0.5) is 5.69 Å². The van der Waals surface area contributed by atoms with Gasteiger partial charge in [0.05, 0.1) is 35.7 Å². The van der Waals surface area contributed by atoms with Crippen molar-refractivity contribution in [2.75, 3.05) is 21.3 Å². The van der Waals surface area contributed by atoms with Crippen molar-refractivity contribution in [3.8, 4) is 11.5 Å². The van der Waals surface area contributed by atoms with E-state index in [0.717, 1.165) is 6.08 Å². The summed E-state index contributed by atoms with van der Waals surface area (Å²) < 4.78 is 35.8. The van der Waals surface area contributed by atoms with Gasteiger partial charge in [-0.1, -0.05) is 0 Å². The first kappa shape index (κ1) is 21.1. The van der Waals surface area contributed by atoms with Crippen LogP contribution in [0.2, 0.25) is 0 Å². The summed E-state index contributed by atoms with van der Waals surface area (Å²) in [6.45, 7) is 0. The lowest BCUT2D eigenvalue weighted by atomic mass is 10.1. The van der Waals surface area contributed by atoms with Crippen LogP contribution in [0.5, 0.6) is 11.5 Å². The smallest absolute Gasteiger partial charge is 0.280 e. The lowest BCUT2D eigenvalue weighted by Gasteiger charge is -2.08. The molecule has 0 saturated carbocycles. The number of nitrogens with one attached hydrogen (secondary N) is 1. The summed E-state index contributed by atoms with van der Waals surface area (Å²) in [5.41, 5.74) is 0.136. The zero-order valence-corrected chi connectivity index (χ0v) is 16.1. The van der Waals surface area contributed by atoms with Crippen molar-refractivity contribution < 1.29 is 27.6 Å². The van der Waals surface area contributed by atoms with Gasteiger partial charge in [0.2, 0.25) is 10.0 Å². The fourth-order valence-electron chi connectivity index (χ4n) is 2.35. The Kier molecular flexibility index (Phi) is 6.49. The Bertz CT molecular complexity index is 1030. The van der Waals surface area contributed by atoms with Crippen molar-refractivity contribution in [1.82, 2.24) is 4.72 Å². The number of benzene rings is 2. The summed E-state index contributed by atoms with van der Waals surface area (Å²) in [6.07, 6.45) is 2.45. The van der Waals surface area contributed by atoms with Crippen LogP contribution in [0.15, 0.2) is 47.4 Å². The molecule has 2 rings (SSSR count). The molecule has 2 aromatic carbocycles. The van der Waals surface area contributed by atoms with E-state index in [0.29, 0.717) is 0 Å². The van der Waals surface area contributed by atoms with Gasteiger partial charge in [-0.3, -0.25) is 14.9 Å². The van der Waals surface area contributed by atoms with Gasteiger partial charge in [0, 0.05) is 5.56 Å². The molecular formula is C18H18N2O7S. The van der Waals surface area contributed by atoms with Crippen molar-refractivity contribution in [2.45, 2.75) is 4.90 Å². The number of sulfonamides is 1. The topological polar surface area (TPSA) is 125 Å². The van der Waals surface area contributed by atoms with Crippen molar-refractivity contribution in [3.05, 3.63) is 63.7 Å². The Balaban J connectivity index is 2.35. The van der Waals surface area contributed by atoms with Gasteiger partial charge in [-0.15, -0.1) is 0 Å². The lowest BCUT2D eigenvalue weighted by molar-refractivity contribution is -0.385. The highest BCUT2D eigenvalue weighted by Crippen LogP contribution is 2.35. The first-order valence-corrected chi connectivity index (χ1v) is 9.38. The minimum Gasteiger partial charge on any atom is -0.493 e. The zero-order chi connectivity index (χ0) is 20.9. The third kappa shape index (κ3) is 4.53. The quantitative estimate of drug-likeness (QED) is 0.309. The minimum atomic E-state index is -3.61. The highest BCUT2D eigenvalue weighted by molar-refractivity contribution is 7.89. The van der Waals surface area contributed by atoms with Crippen molar-refractivity contribution >= 4 is 27.6 Å². The lowest BCUT2D eigenvalue weighted by Crippen LogP contribution is -2.18. The van der Waals surface area contributed by atoms with Crippen LogP contribution < -0.4 is 14.2 Å². The molecule has 0 radical (unpaired) electrons. The van der Waals surface area contributed by atoms with Crippen LogP contribution >= 0.6 is 0 Å². The average Bonchev–Trinajstić information content (AvgIpc) is 2.71. The molecule has 0 amide bonds. The summed E-state index contributed by atoms with van der Waals surface area (Å²) in [6, 6.07) is 7.92. The minimum absolute atomic E-state index is 0.0195. The highest BCUT2D eigenvalue weighted by atomic mass is 32.2. The first-order valence-electron chi connectivity index (χ1n) is 7.90. The van der Waals surface area contributed by atoms with Gasteiger partial charge in [-0.25, -0.2) is 13.1 Å². The number of nitro groups is 1. The SMILES string of the molecule is CNS(=O)(=O)c1ccc(C(=O)/C=C/c2cc(OC)c(OC)cc2[N+](=O)[O-])cc1. The van der Waals surface area contributed by atoms with Gasteiger partial charge in [0.1, 0.15) is 0 Å². The molecule has 0 aliphatic rings. The predicted octanol–water partition coefficient (Wildman–Crippen LogP) is 2.42. The molecule has 0 saturated heterocycles. The van der Waals surface area contributed by atoms with E-state index in [2.05, 4.69) is 4.72 Å². The Morgan fingerprint density at radius 2 is 1.68 bits per heavy atom. The molecule has 0 bridgehead atoms. The maximum absolute atomic E-state index is 12.3. The Hall–Kier alpha value is -3.24. The van der Waals surface area contributed by atoms with Gasteiger partial charge in [-0.05, 0) is 49.5 Å². The second kappa shape index (κ2) is 8.63. The van der Waals surface area contributed by atoms with Gasteiger partial charge in [0.15, 0.2) is 17.3 Å². The molecule has 28 heavy (non-hydrogen) atoms.